The average Bonchev–Trinajstić information content (AvgIpc) is 3.91. The second kappa shape index (κ2) is 17.4. The molecule has 2 aliphatic heterocycles. The van der Waals surface area contributed by atoms with Crippen LogP contribution in [0, 0.1) is 0 Å². The Labute approximate surface area is 310 Å². The molecule has 2 saturated heterocycles. The molecule has 6 atom stereocenters. The van der Waals surface area contributed by atoms with Crippen molar-refractivity contribution in [1.29, 1.82) is 0 Å². The number of H-pyrrole nitrogens is 2. The van der Waals surface area contributed by atoms with Gasteiger partial charge in [-0.25, -0.2) is 0 Å². The number of hydrogen-bond acceptors (Lipinski definition) is 8. The maximum atomic E-state index is 13.5. The van der Waals surface area contributed by atoms with Gasteiger partial charge in [-0.15, -0.1) is 0 Å². The monoisotopic (exact) mass is 730 g/mol. The Hall–Kier alpha value is -4.76. The number of aromatic amines is 2. The molecule has 0 saturated carbocycles. The smallest absolute Gasteiger partial charge is 0.242 e. The summed E-state index contributed by atoms with van der Waals surface area (Å²) in [6, 6.07) is 6.35. The fourth-order valence-corrected chi connectivity index (χ4v) is 7.49. The number of rotatable bonds is 15. The van der Waals surface area contributed by atoms with Crippen LogP contribution >= 0.6 is 0 Å². The second-order valence-corrected chi connectivity index (χ2v) is 14.1. The number of aliphatic hydroxyl groups excluding tert-OH is 2. The average molecular weight is 731 g/mol. The molecule has 0 bridgehead atoms. The molecule has 8 N–H and O–H groups in total. The van der Waals surface area contributed by atoms with Gasteiger partial charge in [0.25, 0.3) is 0 Å². The summed E-state index contributed by atoms with van der Waals surface area (Å²) in [5.41, 5.74) is 6.10. The number of nitrogens with zero attached hydrogens (tertiary/aromatic N) is 2. The number of para-hydroxylation sites is 1. The van der Waals surface area contributed by atoms with Crippen LogP contribution in [-0.4, -0.2) is 130 Å². The number of β-amino-alcohol motifs (C(OH)–C–C–N with tert-alkyl or cyclic N) is 2. The van der Waals surface area contributed by atoms with Crippen molar-refractivity contribution in [3.8, 4) is 11.4 Å². The SMILES string of the molecule is C=Cc1[nH]c(-c2[nH]c3ccccc3c2C[C@@H]2C[C@H](O)CN2C(=O)CNC(=O)[C@H](C)NC)c(C[C@@H]2C[C@H](O)CN2C(=O)CNC(=O)[C@H](C)NC)c1/C=C\C. The summed E-state index contributed by atoms with van der Waals surface area (Å²) >= 11 is 0. The Morgan fingerprint density at radius 3 is 1.87 bits per heavy atom. The summed E-state index contributed by atoms with van der Waals surface area (Å²) in [7, 11) is 3.35. The molecular weight excluding hydrogens is 676 g/mol. The molecule has 2 aliphatic rings. The van der Waals surface area contributed by atoms with Crippen LogP contribution in [0.3, 0.4) is 0 Å². The van der Waals surface area contributed by atoms with Crippen LogP contribution < -0.4 is 21.3 Å². The van der Waals surface area contributed by atoms with Crippen molar-refractivity contribution in [3.63, 3.8) is 0 Å². The van der Waals surface area contributed by atoms with Crippen LogP contribution in [0.25, 0.3) is 34.4 Å². The van der Waals surface area contributed by atoms with Crippen molar-refractivity contribution in [2.24, 2.45) is 0 Å². The van der Waals surface area contributed by atoms with E-state index >= 15 is 0 Å². The number of fused-ring (bicyclic) bond motifs is 1. The first-order valence-electron chi connectivity index (χ1n) is 18.3. The fourth-order valence-electron chi connectivity index (χ4n) is 7.49. The summed E-state index contributed by atoms with van der Waals surface area (Å²) in [4.78, 5) is 62.3. The predicted molar refractivity (Wildman–Crippen MR) is 206 cm³/mol. The van der Waals surface area contributed by atoms with E-state index in [0.29, 0.717) is 25.7 Å². The van der Waals surface area contributed by atoms with Gasteiger partial charge in [-0.3, -0.25) is 19.2 Å². The molecule has 4 amide bonds. The van der Waals surface area contributed by atoms with E-state index in [-0.39, 0.29) is 61.9 Å². The number of carbonyl (C=O) groups is 4. The molecule has 0 unspecified atom stereocenters. The van der Waals surface area contributed by atoms with E-state index in [4.69, 9.17) is 0 Å². The quantitative estimate of drug-likeness (QED) is 0.115. The molecule has 14 nitrogen and oxygen atoms in total. The van der Waals surface area contributed by atoms with Crippen LogP contribution in [-0.2, 0) is 32.0 Å². The Morgan fingerprint density at radius 2 is 1.36 bits per heavy atom. The van der Waals surface area contributed by atoms with Crippen molar-refractivity contribution in [2.75, 3.05) is 40.3 Å². The zero-order valence-electron chi connectivity index (χ0n) is 31.3. The lowest BCUT2D eigenvalue weighted by Gasteiger charge is -2.26. The largest absolute Gasteiger partial charge is 0.391 e. The summed E-state index contributed by atoms with van der Waals surface area (Å²) in [5.74, 6) is -1.11. The first kappa shape index (κ1) is 39.4. The molecule has 0 spiro atoms. The highest BCUT2D eigenvalue weighted by Gasteiger charge is 2.38. The van der Waals surface area contributed by atoms with Gasteiger partial charge in [-0.05, 0) is 83.8 Å². The first-order valence-corrected chi connectivity index (χ1v) is 18.3. The third-order valence-corrected chi connectivity index (χ3v) is 10.6. The van der Waals surface area contributed by atoms with Crippen molar-refractivity contribution in [3.05, 3.63) is 59.3 Å². The van der Waals surface area contributed by atoms with E-state index in [9.17, 15) is 29.4 Å². The van der Waals surface area contributed by atoms with Crippen molar-refractivity contribution >= 4 is 46.7 Å². The van der Waals surface area contributed by atoms with Gasteiger partial charge < -0.3 is 51.2 Å². The number of aliphatic hydroxyl groups is 2. The molecule has 5 rings (SSSR count). The molecule has 2 aromatic heterocycles. The van der Waals surface area contributed by atoms with E-state index in [0.717, 1.165) is 44.7 Å². The van der Waals surface area contributed by atoms with Crippen molar-refractivity contribution in [2.45, 2.75) is 82.8 Å². The number of hydrogen-bond donors (Lipinski definition) is 8. The highest BCUT2D eigenvalue weighted by atomic mass is 16.3. The molecular formula is C39H54N8O6. The third kappa shape index (κ3) is 8.73. The minimum Gasteiger partial charge on any atom is -0.391 e. The standard InChI is InChI=1S/C39H54N8O6/c1-7-11-28-30(16-24-14-26(48)20-46(24)34(50)18-42-38(52)22(3)40-5)36(44-32(28)8-2)37-31(29-12-9-10-13-33(29)45-37)17-25-15-27(49)21-47(25)35(51)19-43-39(53)23(4)41-6/h7-13,22-27,40-41,44-45,48-49H,2,14-21H2,1,3-6H3,(H,42,52)(H,43,53)/b11-7-/t22-,23-,24-,25-,26-,27-/m0/s1. The first-order chi connectivity index (χ1) is 25.4. The number of aromatic nitrogens is 2. The van der Waals surface area contributed by atoms with Gasteiger partial charge in [-0.2, -0.15) is 0 Å². The maximum absolute atomic E-state index is 13.5. The highest BCUT2D eigenvalue weighted by molar-refractivity contribution is 5.93. The van der Waals surface area contributed by atoms with E-state index in [1.54, 1.807) is 43.8 Å². The minimum atomic E-state index is -0.713. The normalized spacial score (nSPS) is 21.3. The molecule has 14 heteroatoms. The van der Waals surface area contributed by atoms with Gasteiger partial charge in [0, 0.05) is 47.3 Å². The summed E-state index contributed by atoms with van der Waals surface area (Å²) in [6.07, 6.45) is 5.88. The third-order valence-electron chi connectivity index (χ3n) is 10.6. The highest BCUT2D eigenvalue weighted by Crippen LogP contribution is 2.39. The van der Waals surface area contributed by atoms with Gasteiger partial charge in [0.2, 0.25) is 23.6 Å². The number of benzene rings is 1. The van der Waals surface area contributed by atoms with Gasteiger partial charge in [0.05, 0.1) is 48.8 Å². The summed E-state index contributed by atoms with van der Waals surface area (Å²) in [5, 5.41) is 33.7. The Balaban J connectivity index is 1.51. The summed E-state index contributed by atoms with van der Waals surface area (Å²) in [6.45, 7) is 9.40. The predicted octanol–water partition coefficient (Wildman–Crippen LogP) is 1.30. The van der Waals surface area contributed by atoms with Crippen LogP contribution in [0.4, 0.5) is 0 Å². The number of likely N-dealkylation sites (tertiary alicyclic amines) is 2. The number of amides is 4. The van der Waals surface area contributed by atoms with Crippen LogP contribution in [0.15, 0.2) is 36.9 Å². The second-order valence-electron chi connectivity index (χ2n) is 14.1. The number of nitrogens with one attached hydrogen (secondary N) is 6. The van der Waals surface area contributed by atoms with Gasteiger partial charge >= 0.3 is 0 Å². The Morgan fingerprint density at radius 1 is 0.849 bits per heavy atom. The lowest BCUT2D eigenvalue weighted by atomic mass is 9.94. The van der Waals surface area contributed by atoms with E-state index in [1.807, 2.05) is 43.3 Å². The fraction of sp³-hybridized carbons (Fsp3) is 0.487. The van der Waals surface area contributed by atoms with Crippen LogP contribution in [0.2, 0.25) is 0 Å². The van der Waals surface area contributed by atoms with E-state index in [1.165, 1.54) is 0 Å². The van der Waals surface area contributed by atoms with Crippen LogP contribution in [0.1, 0.15) is 56.0 Å². The van der Waals surface area contributed by atoms with E-state index in [2.05, 4.69) is 37.8 Å². The van der Waals surface area contributed by atoms with Gasteiger partial charge in [0.1, 0.15) is 0 Å². The minimum absolute atomic E-state index is 0.161. The maximum Gasteiger partial charge on any atom is 0.242 e. The molecule has 286 valence electrons. The van der Waals surface area contributed by atoms with Crippen molar-refractivity contribution < 1.29 is 29.4 Å². The number of likely N-dealkylation sites (N-methyl/N-ethyl adjacent to an activating group) is 2. The van der Waals surface area contributed by atoms with Gasteiger partial charge in [-0.1, -0.05) is 36.9 Å². The zero-order chi connectivity index (χ0) is 38.4. The van der Waals surface area contributed by atoms with Gasteiger partial charge in [0.15, 0.2) is 0 Å². The summed E-state index contributed by atoms with van der Waals surface area (Å²) < 4.78 is 0. The number of allylic oxidation sites excluding steroid dienone is 1. The number of carbonyl (C=O) groups excluding carboxylic acids is 4. The van der Waals surface area contributed by atoms with E-state index < -0.39 is 24.3 Å². The van der Waals surface area contributed by atoms with Crippen LogP contribution in [0.5, 0.6) is 0 Å². The topological polar surface area (TPSA) is 195 Å². The molecule has 2 fully saturated rings. The van der Waals surface area contributed by atoms with Crippen molar-refractivity contribution in [1.82, 2.24) is 41.0 Å². The molecule has 0 radical (unpaired) electrons. The zero-order valence-corrected chi connectivity index (χ0v) is 31.3. The Kier molecular flexibility index (Phi) is 12.9. The molecule has 4 heterocycles. The molecule has 53 heavy (non-hydrogen) atoms. The lowest BCUT2D eigenvalue weighted by Crippen LogP contribution is -2.47. The lowest BCUT2D eigenvalue weighted by molar-refractivity contribution is -0.134. The Bertz CT molecular complexity index is 1850. The molecule has 1 aromatic carbocycles. The molecule has 0 aliphatic carbocycles. The molecule has 3 aromatic rings.